The zero-order valence-electron chi connectivity index (χ0n) is 13.7. The van der Waals surface area contributed by atoms with Crippen molar-refractivity contribution in [3.05, 3.63) is 64.6 Å². The van der Waals surface area contributed by atoms with E-state index < -0.39 is 11.9 Å². The number of rotatable bonds is 7. The summed E-state index contributed by atoms with van der Waals surface area (Å²) in [4.78, 5) is 23.5. The molecule has 130 valence electrons. The van der Waals surface area contributed by atoms with E-state index in [0.717, 1.165) is 15.8 Å². The van der Waals surface area contributed by atoms with Crippen molar-refractivity contribution in [1.82, 2.24) is 0 Å². The van der Waals surface area contributed by atoms with Gasteiger partial charge in [-0.3, -0.25) is 4.79 Å². The molecule has 2 aromatic carbocycles. The van der Waals surface area contributed by atoms with Gasteiger partial charge in [0.1, 0.15) is 5.75 Å². The van der Waals surface area contributed by atoms with Gasteiger partial charge in [0.15, 0.2) is 6.61 Å². The van der Waals surface area contributed by atoms with Gasteiger partial charge in [-0.15, -0.1) is 0 Å². The van der Waals surface area contributed by atoms with Gasteiger partial charge in [-0.05, 0) is 48.9 Å². The molecule has 0 heterocycles. The average Bonchev–Trinajstić information content (AvgIpc) is 2.61. The number of halogens is 1. The Morgan fingerprint density at radius 1 is 1.12 bits per heavy atom. The zero-order chi connectivity index (χ0) is 18.1. The Hall–Kier alpha value is -2.60. The highest BCUT2D eigenvalue weighted by molar-refractivity contribution is 9.10. The third-order valence-electron chi connectivity index (χ3n) is 3.10. The fourth-order valence-corrected chi connectivity index (χ4v) is 2.37. The first-order valence-electron chi connectivity index (χ1n) is 7.70. The Morgan fingerprint density at radius 2 is 1.84 bits per heavy atom. The summed E-state index contributed by atoms with van der Waals surface area (Å²) >= 11 is 3.38. The molecule has 0 radical (unpaired) electrons. The number of anilines is 1. The van der Waals surface area contributed by atoms with Crippen molar-refractivity contribution in [2.75, 3.05) is 18.5 Å². The smallest absolute Gasteiger partial charge is 0.331 e. The maximum atomic E-state index is 11.8. The van der Waals surface area contributed by atoms with E-state index in [0.29, 0.717) is 12.3 Å². The molecule has 0 aliphatic carbocycles. The van der Waals surface area contributed by atoms with Crippen LogP contribution in [0.1, 0.15) is 12.5 Å². The fraction of sp³-hybridized carbons (Fsp3) is 0.158. The summed E-state index contributed by atoms with van der Waals surface area (Å²) in [6.45, 7) is 2.12. The lowest BCUT2D eigenvalue weighted by molar-refractivity contribution is -0.142. The van der Waals surface area contributed by atoms with Crippen LogP contribution in [-0.2, 0) is 14.3 Å². The number of carbonyl (C=O) groups is 2. The van der Waals surface area contributed by atoms with Crippen molar-refractivity contribution >= 4 is 39.6 Å². The maximum Gasteiger partial charge on any atom is 0.331 e. The normalized spacial score (nSPS) is 10.5. The number of nitrogens with one attached hydrogen (secondary N) is 1. The van der Waals surface area contributed by atoms with E-state index >= 15 is 0 Å². The van der Waals surface area contributed by atoms with E-state index in [4.69, 9.17) is 9.47 Å². The molecule has 1 N–H and O–H groups in total. The number of ether oxygens (including phenoxy) is 2. The molecule has 0 aliphatic rings. The van der Waals surface area contributed by atoms with Gasteiger partial charge in [-0.25, -0.2) is 4.79 Å². The van der Waals surface area contributed by atoms with Crippen molar-refractivity contribution in [2.45, 2.75) is 6.92 Å². The molecule has 6 heteroatoms. The number of amides is 1. The minimum absolute atomic E-state index is 0.355. The van der Waals surface area contributed by atoms with Gasteiger partial charge >= 0.3 is 5.97 Å². The largest absolute Gasteiger partial charge is 0.494 e. The van der Waals surface area contributed by atoms with E-state index in [2.05, 4.69) is 21.2 Å². The third kappa shape index (κ3) is 6.43. The van der Waals surface area contributed by atoms with E-state index in [1.807, 2.05) is 31.2 Å². The Kier molecular flexibility index (Phi) is 7.22. The molecule has 0 bridgehead atoms. The second-order valence-corrected chi connectivity index (χ2v) is 5.82. The zero-order valence-corrected chi connectivity index (χ0v) is 15.3. The molecule has 0 atom stereocenters. The van der Waals surface area contributed by atoms with Crippen LogP contribution in [0.3, 0.4) is 0 Å². The molecule has 0 unspecified atom stereocenters. The molecule has 2 aromatic rings. The monoisotopic (exact) mass is 403 g/mol. The second kappa shape index (κ2) is 9.64. The van der Waals surface area contributed by atoms with Crippen LogP contribution in [0, 0.1) is 0 Å². The van der Waals surface area contributed by atoms with Crippen molar-refractivity contribution in [2.24, 2.45) is 0 Å². The van der Waals surface area contributed by atoms with Gasteiger partial charge in [-0.2, -0.15) is 0 Å². The van der Waals surface area contributed by atoms with Gasteiger partial charge < -0.3 is 14.8 Å². The van der Waals surface area contributed by atoms with Crippen molar-refractivity contribution in [3.63, 3.8) is 0 Å². The Balaban J connectivity index is 1.79. The quantitative estimate of drug-likeness (QED) is 0.559. The summed E-state index contributed by atoms with van der Waals surface area (Å²) in [6, 6.07) is 14.4. The van der Waals surface area contributed by atoms with Crippen molar-refractivity contribution in [3.8, 4) is 5.75 Å². The second-order valence-electron chi connectivity index (χ2n) is 4.97. The molecular formula is C19H18BrNO4. The fourth-order valence-electron chi connectivity index (χ4n) is 1.95. The Bertz CT molecular complexity index is 756. The number of benzene rings is 2. The van der Waals surface area contributed by atoms with Crippen LogP contribution in [0.2, 0.25) is 0 Å². The standard InChI is InChI=1S/C19H18BrNO4/c1-2-24-16-10-8-15(9-11-16)21-18(22)13-25-19(23)12-7-14-5-3-4-6-17(14)20/h3-12H,2,13H2,1H3,(H,21,22)/b12-7+. The Morgan fingerprint density at radius 3 is 2.52 bits per heavy atom. The minimum atomic E-state index is -0.586. The van der Waals surface area contributed by atoms with Crippen LogP contribution in [0.5, 0.6) is 5.75 Å². The van der Waals surface area contributed by atoms with Crippen LogP contribution in [0.4, 0.5) is 5.69 Å². The van der Waals surface area contributed by atoms with E-state index in [-0.39, 0.29) is 6.61 Å². The van der Waals surface area contributed by atoms with Crippen LogP contribution in [-0.4, -0.2) is 25.1 Å². The summed E-state index contributed by atoms with van der Waals surface area (Å²) in [6.07, 6.45) is 2.90. The highest BCUT2D eigenvalue weighted by atomic mass is 79.9. The van der Waals surface area contributed by atoms with Crippen LogP contribution in [0.15, 0.2) is 59.1 Å². The lowest BCUT2D eigenvalue weighted by Crippen LogP contribution is -2.20. The molecule has 0 saturated heterocycles. The van der Waals surface area contributed by atoms with Gasteiger partial charge in [0, 0.05) is 16.2 Å². The lowest BCUT2D eigenvalue weighted by atomic mass is 10.2. The first-order valence-corrected chi connectivity index (χ1v) is 8.50. The van der Waals surface area contributed by atoms with Gasteiger partial charge in [-0.1, -0.05) is 34.1 Å². The molecule has 5 nitrogen and oxygen atoms in total. The molecule has 0 saturated carbocycles. The number of carbonyl (C=O) groups excluding carboxylic acids is 2. The Labute approximate surface area is 154 Å². The van der Waals surface area contributed by atoms with Gasteiger partial charge in [0.2, 0.25) is 0 Å². The summed E-state index contributed by atoms with van der Waals surface area (Å²) in [5, 5.41) is 2.65. The number of hydrogen-bond acceptors (Lipinski definition) is 4. The van der Waals surface area contributed by atoms with Crippen LogP contribution in [0.25, 0.3) is 6.08 Å². The topological polar surface area (TPSA) is 64.6 Å². The van der Waals surface area contributed by atoms with Crippen molar-refractivity contribution in [1.29, 1.82) is 0 Å². The van der Waals surface area contributed by atoms with Crippen LogP contribution >= 0.6 is 15.9 Å². The highest BCUT2D eigenvalue weighted by Gasteiger charge is 2.06. The first kappa shape index (κ1) is 18.7. The van der Waals surface area contributed by atoms with E-state index in [1.165, 1.54) is 6.08 Å². The van der Waals surface area contributed by atoms with Crippen molar-refractivity contribution < 1.29 is 19.1 Å². The lowest BCUT2D eigenvalue weighted by Gasteiger charge is -2.07. The molecular weight excluding hydrogens is 386 g/mol. The third-order valence-corrected chi connectivity index (χ3v) is 3.82. The number of esters is 1. The molecule has 0 aromatic heterocycles. The molecule has 1 amide bonds. The summed E-state index contributed by atoms with van der Waals surface area (Å²) in [5.41, 5.74) is 1.45. The van der Waals surface area contributed by atoms with Gasteiger partial charge in [0.05, 0.1) is 6.61 Å². The molecule has 0 aliphatic heterocycles. The summed E-state index contributed by atoms with van der Waals surface area (Å²) < 4.78 is 11.1. The highest BCUT2D eigenvalue weighted by Crippen LogP contribution is 2.17. The van der Waals surface area contributed by atoms with Crippen LogP contribution < -0.4 is 10.1 Å². The SMILES string of the molecule is CCOc1ccc(NC(=O)COC(=O)/C=C/c2ccccc2Br)cc1. The summed E-state index contributed by atoms with van der Waals surface area (Å²) in [5.74, 6) is -0.270. The molecule has 2 rings (SSSR count). The first-order chi connectivity index (χ1) is 12.1. The van der Waals surface area contributed by atoms with E-state index in [9.17, 15) is 9.59 Å². The predicted octanol–water partition coefficient (Wildman–Crippen LogP) is 4.04. The number of hydrogen-bond donors (Lipinski definition) is 1. The average molecular weight is 404 g/mol. The van der Waals surface area contributed by atoms with E-state index in [1.54, 1.807) is 30.3 Å². The minimum Gasteiger partial charge on any atom is -0.494 e. The molecule has 0 spiro atoms. The molecule has 0 fully saturated rings. The molecule has 25 heavy (non-hydrogen) atoms. The predicted molar refractivity (Wildman–Crippen MR) is 100 cm³/mol. The van der Waals surface area contributed by atoms with Gasteiger partial charge in [0.25, 0.3) is 5.91 Å². The maximum absolute atomic E-state index is 11.8. The summed E-state index contributed by atoms with van der Waals surface area (Å²) in [7, 11) is 0.